The summed E-state index contributed by atoms with van der Waals surface area (Å²) >= 11 is 2.79. The number of hydrogen-bond acceptors (Lipinski definition) is 7. The molecular formula is C23H25N3O4S2. The average Bonchev–Trinajstić information content (AvgIpc) is 3.46. The first-order valence-electron chi connectivity index (χ1n) is 10.5. The molecule has 4 rings (SSSR count). The van der Waals surface area contributed by atoms with Gasteiger partial charge < -0.3 is 14.5 Å². The normalized spacial score (nSPS) is 12.4. The zero-order chi connectivity index (χ0) is 22.5. The second-order valence-electron chi connectivity index (χ2n) is 7.29. The first-order valence-corrected chi connectivity index (χ1v) is 12.2. The number of furan rings is 1. The molecule has 0 fully saturated rings. The van der Waals surface area contributed by atoms with Crippen LogP contribution in [0.2, 0.25) is 0 Å². The van der Waals surface area contributed by atoms with Gasteiger partial charge in [0, 0.05) is 30.3 Å². The molecule has 0 saturated heterocycles. The minimum Gasteiger partial charge on any atom is -0.467 e. The number of hydrogen-bond donors (Lipinski definition) is 1. The van der Waals surface area contributed by atoms with E-state index in [4.69, 9.17) is 14.1 Å². The van der Waals surface area contributed by atoms with Crippen LogP contribution in [-0.4, -0.2) is 34.4 Å². The maximum atomic E-state index is 13.4. The molecule has 0 aliphatic carbocycles. The van der Waals surface area contributed by atoms with Gasteiger partial charge in [-0.25, -0.2) is 4.98 Å². The Balaban J connectivity index is 1.67. The van der Waals surface area contributed by atoms with Crippen molar-refractivity contribution in [3.8, 4) is 0 Å². The third-order valence-corrected chi connectivity index (χ3v) is 7.61. The van der Waals surface area contributed by atoms with Crippen LogP contribution in [0, 0.1) is 0 Å². The third kappa shape index (κ3) is 4.74. The van der Waals surface area contributed by atoms with Gasteiger partial charge in [0.2, 0.25) is 5.91 Å². The fourth-order valence-electron chi connectivity index (χ4n) is 3.46. The van der Waals surface area contributed by atoms with E-state index in [1.54, 1.807) is 24.0 Å². The number of amides is 1. The lowest BCUT2D eigenvalue weighted by molar-refractivity contribution is -0.120. The van der Waals surface area contributed by atoms with Crippen molar-refractivity contribution >= 4 is 49.3 Å². The van der Waals surface area contributed by atoms with Crippen molar-refractivity contribution in [1.82, 2.24) is 14.9 Å². The molecule has 32 heavy (non-hydrogen) atoms. The molecule has 4 aromatic rings. The van der Waals surface area contributed by atoms with E-state index in [0.717, 1.165) is 10.1 Å². The molecule has 0 aliphatic rings. The van der Waals surface area contributed by atoms with Crippen molar-refractivity contribution in [3.05, 3.63) is 58.8 Å². The standard InChI is InChI=1S/C23H25N3O4S2/c1-3-17(21(27)24-14-15-8-6-13-30-15)32-23-25-19-16-9-4-5-10-18(16)31-20(19)22(28)26(23)11-7-12-29-2/h4-6,8-10,13,17H,3,7,11-12,14H2,1-2H3,(H,24,27)/t17-/m1/s1. The number of benzene rings is 1. The number of carbonyl (C=O) groups is 1. The smallest absolute Gasteiger partial charge is 0.272 e. The Morgan fingerprint density at radius 3 is 2.91 bits per heavy atom. The molecule has 3 heterocycles. The number of carbonyl (C=O) groups excluding carboxylic acids is 1. The summed E-state index contributed by atoms with van der Waals surface area (Å²) < 4.78 is 13.8. The number of methoxy groups -OCH3 is 1. The fraction of sp³-hybridized carbons (Fsp3) is 0.348. The number of nitrogens with one attached hydrogen (secondary N) is 1. The lowest BCUT2D eigenvalue weighted by Gasteiger charge is -2.17. The van der Waals surface area contributed by atoms with Crippen LogP contribution in [-0.2, 0) is 22.6 Å². The SMILES string of the molecule is CC[C@@H](Sc1nc2c(sc3ccccc32)c(=O)n1CCCOC)C(=O)NCc1ccco1. The molecule has 1 atom stereocenters. The summed E-state index contributed by atoms with van der Waals surface area (Å²) in [6.45, 7) is 3.31. The van der Waals surface area contributed by atoms with E-state index in [1.165, 1.54) is 23.1 Å². The monoisotopic (exact) mass is 471 g/mol. The van der Waals surface area contributed by atoms with Crippen LogP contribution >= 0.6 is 23.1 Å². The van der Waals surface area contributed by atoms with E-state index in [2.05, 4.69) is 5.32 Å². The molecule has 0 saturated carbocycles. The van der Waals surface area contributed by atoms with Gasteiger partial charge in [-0.05, 0) is 31.0 Å². The highest BCUT2D eigenvalue weighted by molar-refractivity contribution is 8.00. The highest BCUT2D eigenvalue weighted by Gasteiger charge is 2.23. The number of fused-ring (bicyclic) bond motifs is 3. The summed E-state index contributed by atoms with van der Waals surface area (Å²) in [5.74, 6) is 0.584. The molecule has 1 aromatic carbocycles. The maximum absolute atomic E-state index is 13.4. The number of aromatic nitrogens is 2. The predicted molar refractivity (Wildman–Crippen MR) is 128 cm³/mol. The molecular weight excluding hydrogens is 446 g/mol. The molecule has 1 amide bonds. The lowest BCUT2D eigenvalue weighted by atomic mass is 10.2. The van der Waals surface area contributed by atoms with Crippen LogP contribution in [0.3, 0.4) is 0 Å². The van der Waals surface area contributed by atoms with E-state index >= 15 is 0 Å². The van der Waals surface area contributed by atoms with Crippen molar-refractivity contribution < 1.29 is 13.9 Å². The summed E-state index contributed by atoms with van der Waals surface area (Å²) in [5, 5.41) is 4.06. The van der Waals surface area contributed by atoms with E-state index in [-0.39, 0.29) is 16.7 Å². The van der Waals surface area contributed by atoms with Gasteiger partial charge in [0.1, 0.15) is 10.5 Å². The summed E-state index contributed by atoms with van der Waals surface area (Å²) in [7, 11) is 1.64. The quantitative estimate of drug-likeness (QED) is 0.209. The van der Waals surface area contributed by atoms with Crippen molar-refractivity contribution in [2.75, 3.05) is 13.7 Å². The molecule has 0 spiro atoms. The van der Waals surface area contributed by atoms with E-state index in [9.17, 15) is 9.59 Å². The first kappa shape index (κ1) is 22.6. The van der Waals surface area contributed by atoms with Crippen LogP contribution < -0.4 is 10.9 Å². The van der Waals surface area contributed by atoms with Gasteiger partial charge in [-0.1, -0.05) is 36.9 Å². The second kappa shape index (κ2) is 10.3. The zero-order valence-corrected chi connectivity index (χ0v) is 19.6. The summed E-state index contributed by atoms with van der Waals surface area (Å²) in [4.78, 5) is 31.1. The Morgan fingerprint density at radius 1 is 1.31 bits per heavy atom. The Hall–Kier alpha value is -2.62. The van der Waals surface area contributed by atoms with Crippen molar-refractivity contribution in [1.29, 1.82) is 0 Å². The van der Waals surface area contributed by atoms with Gasteiger partial charge >= 0.3 is 0 Å². The van der Waals surface area contributed by atoms with Gasteiger partial charge in [0.25, 0.3) is 5.56 Å². The molecule has 3 aromatic heterocycles. The van der Waals surface area contributed by atoms with E-state index in [1.807, 2.05) is 37.3 Å². The first-order chi connectivity index (χ1) is 15.6. The van der Waals surface area contributed by atoms with E-state index in [0.29, 0.717) is 53.7 Å². The summed E-state index contributed by atoms with van der Waals surface area (Å²) in [6.07, 6.45) is 2.87. The Bertz CT molecular complexity index is 1260. The van der Waals surface area contributed by atoms with Gasteiger partial charge in [-0.15, -0.1) is 11.3 Å². The molecule has 0 aliphatic heterocycles. The van der Waals surface area contributed by atoms with Gasteiger partial charge in [0.05, 0.1) is 23.6 Å². The number of thiophene rings is 1. The molecule has 9 heteroatoms. The Morgan fingerprint density at radius 2 is 2.16 bits per heavy atom. The third-order valence-electron chi connectivity index (χ3n) is 5.11. The number of nitrogens with zero attached hydrogens (tertiary/aromatic N) is 2. The Labute approximate surface area is 193 Å². The molecule has 7 nitrogen and oxygen atoms in total. The Kier molecular flexibility index (Phi) is 7.29. The molecule has 1 N–H and O–H groups in total. The molecule has 0 unspecified atom stereocenters. The molecule has 0 radical (unpaired) electrons. The largest absolute Gasteiger partial charge is 0.467 e. The fourth-order valence-corrected chi connectivity index (χ4v) is 5.61. The number of thioether (sulfide) groups is 1. The molecule has 0 bridgehead atoms. The van der Waals surface area contributed by atoms with Gasteiger partial charge in [0.15, 0.2) is 5.16 Å². The maximum Gasteiger partial charge on any atom is 0.272 e. The van der Waals surface area contributed by atoms with Crippen LogP contribution in [0.15, 0.2) is 57.0 Å². The highest BCUT2D eigenvalue weighted by atomic mass is 32.2. The minimum absolute atomic E-state index is 0.0688. The van der Waals surface area contributed by atoms with Crippen LogP contribution in [0.4, 0.5) is 0 Å². The zero-order valence-electron chi connectivity index (χ0n) is 18.0. The topological polar surface area (TPSA) is 86.4 Å². The van der Waals surface area contributed by atoms with Crippen LogP contribution in [0.1, 0.15) is 25.5 Å². The second-order valence-corrected chi connectivity index (χ2v) is 9.51. The average molecular weight is 472 g/mol. The van der Waals surface area contributed by atoms with Gasteiger partial charge in [-0.3, -0.25) is 14.2 Å². The highest BCUT2D eigenvalue weighted by Crippen LogP contribution is 2.33. The summed E-state index contributed by atoms with van der Waals surface area (Å²) in [5.41, 5.74) is 0.632. The van der Waals surface area contributed by atoms with Crippen LogP contribution in [0.5, 0.6) is 0 Å². The minimum atomic E-state index is -0.382. The molecule has 168 valence electrons. The van der Waals surface area contributed by atoms with Crippen molar-refractivity contribution in [2.24, 2.45) is 0 Å². The van der Waals surface area contributed by atoms with Crippen molar-refractivity contribution in [2.45, 2.75) is 43.3 Å². The number of ether oxygens (including phenoxy) is 1. The number of rotatable bonds is 10. The summed E-state index contributed by atoms with van der Waals surface area (Å²) in [6, 6.07) is 11.5. The predicted octanol–water partition coefficient (Wildman–Crippen LogP) is 4.43. The lowest BCUT2D eigenvalue weighted by Crippen LogP contribution is -2.33. The van der Waals surface area contributed by atoms with Gasteiger partial charge in [-0.2, -0.15) is 0 Å². The van der Waals surface area contributed by atoms with E-state index < -0.39 is 0 Å². The van der Waals surface area contributed by atoms with Crippen molar-refractivity contribution in [3.63, 3.8) is 0 Å². The van der Waals surface area contributed by atoms with Crippen LogP contribution in [0.25, 0.3) is 20.3 Å².